The number of benzene rings is 1. The fourth-order valence-corrected chi connectivity index (χ4v) is 1.55. The second-order valence-corrected chi connectivity index (χ2v) is 4.68. The molecular weight excluding hydrogens is 233 g/mol. The van der Waals surface area contributed by atoms with Gasteiger partial charge in [-0.1, -0.05) is 19.0 Å². The van der Waals surface area contributed by atoms with Crippen molar-refractivity contribution in [2.24, 2.45) is 5.92 Å². The van der Waals surface area contributed by atoms with E-state index < -0.39 is 5.82 Å². The lowest BCUT2D eigenvalue weighted by Gasteiger charge is -1.99. The highest BCUT2D eigenvalue weighted by Gasteiger charge is 2.11. The average molecular weight is 249 g/mol. The highest BCUT2D eigenvalue weighted by molar-refractivity contribution is 5.57. The largest absolute Gasteiger partial charge is 0.396 e. The van der Waals surface area contributed by atoms with Crippen molar-refractivity contribution in [3.8, 4) is 11.5 Å². The Morgan fingerprint density at radius 1 is 1.39 bits per heavy atom. The van der Waals surface area contributed by atoms with Crippen molar-refractivity contribution in [3.63, 3.8) is 0 Å². The summed E-state index contributed by atoms with van der Waals surface area (Å²) >= 11 is 0. The van der Waals surface area contributed by atoms with Crippen molar-refractivity contribution in [2.45, 2.75) is 26.7 Å². The van der Waals surface area contributed by atoms with Gasteiger partial charge in [0.25, 0.3) is 5.89 Å². The fourth-order valence-electron chi connectivity index (χ4n) is 1.55. The predicted molar refractivity (Wildman–Crippen MR) is 67.3 cm³/mol. The van der Waals surface area contributed by atoms with Crippen LogP contribution in [0.4, 0.5) is 10.1 Å². The molecule has 4 nitrogen and oxygen atoms in total. The van der Waals surface area contributed by atoms with Crippen LogP contribution in [0, 0.1) is 11.7 Å². The molecular formula is C13H16FN3O. The number of nitrogens with two attached hydrogens (primary N) is 1. The van der Waals surface area contributed by atoms with Crippen molar-refractivity contribution in [3.05, 3.63) is 29.8 Å². The van der Waals surface area contributed by atoms with Gasteiger partial charge in [0.1, 0.15) is 5.82 Å². The molecule has 0 radical (unpaired) electrons. The van der Waals surface area contributed by atoms with E-state index in [2.05, 4.69) is 24.0 Å². The van der Waals surface area contributed by atoms with Crippen molar-refractivity contribution in [1.29, 1.82) is 0 Å². The molecule has 2 aromatic rings. The van der Waals surface area contributed by atoms with E-state index in [9.17, 15) is 4.39 Å². The smallest absolute Gasteiger partial charge is 0.258 e. The van der Waals surface area contributed by atoms with Crippen LogP contribution in [-0.4, -0.2) is 10.1 Å². The zero-order valence-corrected chi connectivity index (χ0v) is 10.5. The van der Waals surface area contributed by atoms with E-state index in [1.165, 1.54) is 12.1 Å². The summed E-state index contributed by atoms with van der Waals surface area (Å²) in [7, 11) is 0. The topological polar surface area (TPSA) is 64.9 Å². The number of aromatic nitrogens is 2. The summed E-state index contributed by atoms with van der Waals surface area (Å²) in [4.78, 5) is 4.24. The Hall–Kier alpha value is -1.91. The summed E-state index contributed by atoms with van der Waals surface area (Å²) in [6.45, 7) is 4.27. The molecule has 18 heavy (non-hydrogen) atoms. The molecule has 0 unspecified atom stereocenters. The van der Waals surface area contributed by atoms with Gasteiger partial charge in [0.05, 0.1) is 5.69 Å². The zero-order valence-electron chi connectivity index (χ0n) is 10.5. The molecule has 0 saturated heterocycles. The van der Waals surface area contributed by atoms with Crippen LogP contribution >= 0.6 is 0 Å². The second kappa shape index (κ2) is 5.16. The van der Waals surface area contributed by atoms with Crippen LogP contribution in [0.2, 0.25) is 0 Å². The summed E-state index contributed by atoms with van der Waals surface area (Å²) in [5.41, 5.74) is 6.07. The maximum Gasteiger partial charge on any atom is 0.258 e. The Bertz CT molecular complexity index is 537. The third kappa shape index (κ3) is 2.85. The van der Waals surface area contributed by atoms with Crippen molar-refractivity contribution in [2.75, 3.05) is 5.73 Å². The average Bonchev–Trinajstić information content (AvgIpc) is 2.79. The number of halogens is 1. The quantitative estimate of drug-likeness (QED) is 0.846. The Kier molecular flexibility index (Phi) is 3.60. The van der Waals surface area contributed by atoms with Crippen LogP contribution in [0.25, 0.3) is 11.5 Å². The van der Waals surface area contributed by atoms with Crippen molar-refractivity contribution >= 4 is 5.69 Å². The molecule has 0 aliphatic heterocycles. The molecule has 0 bridgehead atoms. The first kappa shape index (κ1) is 12.5. The molecule has 96 valence electrons. The molecule has 1 aromatic carbocycles. The first-order valence-corrected chi connectivity index (χ1v) is 5.94. The van der Waals surface area contributed by atoms with Gasteiger partial charge in [-0.05, 0) is 30.5 Å². The standard InChI is InChI=1S/C13H16FN3O/c1-8(2)3-6-12-16-13(18-17-12)9-4-5-11(15)10(14)7-9/h4-5,7-8H,3,6,15H2,1-2H3. The molecule has 2 N–H and O–H groups in total. The Morgan fingerprint density at radius 3 is 2.83 bits per heavy atom. The number of hydrogen-bond donors (Lipinski definition) is 1. The summed E-state index contributed by atoms with van der Waals surface area (Å²) in [5, 5.41) is 3.88. The zero-order chi connectivity index (χ0) is 13.1. The summed E-state index contributed by atoms with van der Waals surface area (Å²) < 4.78 is 18.4. The molecule has 0 saturated carbocycles. The van der Waals surface area contributed by atoms with Gasteiger partial charge in [-0.15, -0.1) is 0 Å². The SMILES string of the molecule is CC(C)CCc1noc(-c2ccc(N)c(F)c2)n1. The minimum Gasteiger partial charge on any atom is -0.396 e. The predicted octanol–water partition coefficient (Wildman–Crippen LogP) is 3.05. The minimum absolute atomic E-state index is 0.110. The molecule has 5 heteroatoms. The Morgan fingerprint density at radius 2 is 2.17 bits per heavy atom. The summed E-state index contributed by atoms with van der Waals surface area (Å²) in [5.74, 6) is 1.08. The highest BCUT2D eigenvalue weighted by atomic mass is 19.1. The van der Waals surface area contributed by atoms with Gasteiger partial charge in [-0.2, -0.15) is 4.98 Å². The maximum absolute atomic E-state index is 13.3. The second-order valence-electron chi connectivity index (χ2n) is 4.68. The Balaban J connectivity index is 2.16. The van der Waals surface area contributed by atoms with Gasteiger partial charge in [-0.25, -0.2) is 4.39 Å². The summed E-state index contributed by atoms with van der Waals surface area (Å²) in [6, 6.07) is 4.45. The van der Waals surface area contributed by atoms with Crippen molar-refractivity contribution < 1.29 is 8.91 Å². The molecule has 2 rings (SSSR count). The summed E-state index contributed by atoms with van der Waals surface area (Å²) in [6.07, 6.45) is 1.76. The van der Waals surface area contributed by atoms with E-state index in [1.807, 2.05) is 0 Å². The molecule has 0 amide bonds. The molecule has 1 heterocycles. The number of aryl methyl sites for hydroxylation is 1. The van der Waals surface area contributed by atoms with Crippen LogP contribution in [0.1, 0.15) is 26.1 Å². The van der Waals surface area contributed by atoms with Crippen LogP contribution in [0.15, 0.2) is 22.7 Å². The van der Waals surface area contributed by atoms with Gasteiger partial charge < -0.3 is 10.3 Å². The molecule has 0 spiro atoms. The first-order chi connectivity index (χ1) is 8.56. The highest BCUT2D eigenvalue weighted by Crippen LogP contribution is 2.21. The Labute approximate surface area is 105 Å². The molecule has 0 atom stereocenters. The van der Waals surface area contributed by atoms with Crippen LogP contribution in [-0.2, 0) is 6.42 Å². The van der Waals surface area contributed by atoms with Crippen molar-refractivity contribution in [1.82, 2.24) is 10.1 Å². The van der Waals surface area contributed by atoms with E-state index >= 15 is 0 Å². The molecule has 1 aromatic heterocycles. The third-order valence-electron chi connectivity index (χ3n) is 2.66. The minimum atomic E-state index is -0.477. The number of nitrogens with zero attached hydrogens (tertiary/aromatic N) is 2. The molecule has 0 fully saturated rings. The molecule has 0 aliphatic carbocycles. The van der Waals surface area contributed by atoms with Gasteiger partial charge >= 0.3 is 0 Å². The van der Waals surface area contributed by atoms with Crippen LogP contribution in [0.5, 0.6) is 0 Å². The molecule has 0 aliphatic rings. The van der Waals surface area contributed by atoms with E-state index in [0.29, 0.717) is 23.2 Å². The number of nitrogen functional groups attached to an aromatic ring is 1. The van der Waals surface area contributed by atoms with Gasteiger partial charge in [0, 0.05) is 12.0 Å². The van der Waals surface area contributed by atoms with E-state index in [4.69, 9.17) is 10.3 Å². The van der Waals surface area contributed by atoms with E-state index in [0.717, 1.165) is 12.8 Å². The van der Waals surface area contributed by atoms with Crippen LogP contribution in [0.3, 0.4) is 0 Å². The van der Waals surface area contributed by atoms with E-state index in [-0.39, 0.29) is 5.69 Å². The van der Waals surface area contributed by atoms with Gasteiger partial charge in [0.15, 0.2) is 5.82 Å². The van der Waals surface area contributed by atoms with Gasteiger partial charge in [0.2, 0.25) is 0 Å². The van der Waals surface area contributed by atoms with Gasteiger partial charge in [-0.3, -0.25) is 0 Å². The first-order valence-electron chi connectivity index (χ1n) is 5.94. The lowest BCUT2D eigenvalue weighted by Crippen LogP contribution is -1.94. The maximum atomic E-state index is 13.3. The number of anilines is 1. The number of rotatable bonds is 4. The lowest BCUT2D eigenvalue weighted by molar-refractivity contribution is 0.419. The van der Waals surface area contributed by atoms with Crippen LogP contribution < -0.4 is 5.73 Å². The monoisotopic (exact) mass is 249 g/mol. The third-order valence-corrected chi connectivity index (χ3v) is 2.66. The lowest BCUT2D eigenvalue weighted by atomic mass is 10.1. The fraction of sp³-hybridized carbons (Fsp3) is 0.385. The normalized spacial score (nSPS) is 11.1. The number of hydrogen-bond acceptors (Lipinski definition) is 4. The van der Waals surface area contributed by atoms with E-state index in [1.54, 1.807) is 6.07 Å².